The molecule has 0 saturated heterocycles. The molecule has 0 unspecified atom stereocenters. The number of hydrogen-bond donors (Lipinski definition) is 1. The highest BCUT2D eigenvalue weighted by molar-refractivity contribution is 5.54. The zero-order valence-corrected chi connectivity index (χ0v) is 11.2. The first-order valence-electron chi connectivity index (χ1n) is 5.92. The van der Waals surface area contributed by atoms with E-state index in [1.54, 1.807) is 6.20 Å². The lowest BCUT2D eigenvalue weighted by atomic mass is 9.94. The van der Waals surface area contributed by atoms with Crippen LogP contribution < -0.4 is 5.73 Å². The first kappa shape index (κ1) is 12.7. The van der Waals surface area contributed by atoms with Gasteiger partial charge in [0.15, 0.2) is 0 Å². The van der Waals surface area contributed by atoms with Crippen LogP contribution in [0.5, 0.6) is 0 Å². The first-order chi connectivity index (χ1) is 8.44. The molecule has 5 nitrogen and oxygen atoms in total. The van der Waals surface area contributed by atoms with Crippen LogP contribution in [0.4, 0.5) is 0 Å². The van der Waals surface area contributed by atoms with Gasteiger partial charge in [0.25, 0.3) is 0 Å². The second-order valence-electron chi connectivity index (χ2n) is 5.19. The van der Waals surface area contributed by atoms with Crippen LogP contribution >= 0.6 is 0 Å². The van der Waals surface area contributed by atoms with E-state index in [0.717, 1.165) is 16.8 Å². The summed E-state index contributed by atoms with van der Waals surface area (Å²) in [7, 11) is 0. The maximum Gasteiger partial charge on any atom is 0.233 e. The minimum atomic E-state index is -0.316. The molecule has 0 radical (unpaired) electrons. The fraction of sp³-hybridized carbons (Fsp3) is 0.462. The third-order valence-electron chi connectivity index (χ3n) is 2.94. The second kappa shape index (κ2) is 4.49. The molecule has 0 saturated carbocycles. The van der Waals surface area contributed by atoms with Gasteiger partial charge in [-0.1, -0.05) is 11.2 Å². The third-order valence-corrected chi connectivity index (χ3v) is 2.94. The van der Waals surface area contributed by atoms with Gasteiger partial charge in [-0.25, -0.2) is 0 Å². The molecule has 0 amide bonds. The van der Waals surface area contributed by atoms with Gasteiger partial charge in [0.2, 0.25) is 11.7 Å². The van der Waals surface area contributed by atoms with E-state index in [4.69, 9.17) is 10.3 Å². The Bertz CT molecular complexity index is 560. The van der Waals surface area contributed by atoms with E-state index in [1.165, 1.54) is 0 Å². The summed E-state index contributed by atoms with van der Waals surface area (Å²) in [6.45, 7) is 8.39. The summed E-state index contributed by atoms with van der Waals surface area (Å²) in [5.74, 6) is 1.06. The van der Waals surface area contributed by atoms with E-state index < -0.39 is 0 Å². The van der Waals surface area contributed by atoms with Crippen LogP contribution in [0.25, 0.3) is 11.5 Å². The molecule has 0 aliphatic heterocycles. The number of aryl methyl sites for hydroxylation is 2. The normalized spacial score (nSPS) is 11.8. The Hall–Kier alpha value is -1.75. The van der Waals surface area contributed by atoms with E-state index >= 15 is 0 Å². The maximum atomic E-state index is 5.69. The fourth-order valence-corrected chi connectivity index (χ4v) is 1.63. The fourth-order valence-electron chi connectivity index (χ4n) is 1.63. The Balaban J connectivity index is 2.41. The molecular weight excluding hydrogens is 228 g/mol. The van der Waals surface area contributed by atoms with Crippen molar-refractivity contribution in [1.82, 2.24) is 15.1 Å². The van der Waals surface area contributed by atoms with E-state index in [9.17, 15) is 0 Å². The van der Waals surface area contributed by atoms with Crippen LogP contribution in [0, 0.1) is 13.8 Å². The lowest BCUT2D eigenvalue weighted by Gasteiger charge is -2.15. The average molecular weight is 246 g/mol. The number of hydrogen-bond acceptors (Lipinski definition) is 5. The molecule has 0 bridgehead atoms. The number of aromatic nitrogens is 3. The van der Waals surface area contributed by atoms with Crippen molar-refractivity contribution >= 4 is 0 Å². The Kier molecular flexibility index (Phi) is 3.17. The van der Waals surface area contributed by atoms with Crippen molar-refractivity contribution in [2.45, 2.75) is 33.1 Å². The van der Waals surface area contributed by atoms with Crippen molar-refractivity contribution in [2.75, 3.05) is 6.54 Å². The van der Waals surface area contributed by atoms with E-state index in [-0.39, 0.29) is 5.41 Å². The third kappa shape index (κ3) is 2.26. The molecule has 2 rings (SSSR count). The van der Waals surface area contributed by atoms with Gasteiger partial charge in [0, 0.05) is 12.7 Å². The Morgan fingerprint density at radius 1 is 1.33 bits per heavy atom. The van der Waals surface area contributed by atoms with E-state index in [1.807, 2.05) is 33.8 Å². The molecule has 5 heteroatoms. The molecule has 0 fully saturated rings. The van der Waals surface area contributed by atoms with Gasteiger partial charge in [0.05, 0.1) is 5.41 Å². The van der Waals surface area contributed by atoms with Crippen LogP contribution in [0.2, 0.25) is 0 Å². The van der Waals surface area contributed by atoms with Gasteiger partial charge in [-0.2, -0.15) is 4.98 Å². The van der Waals surface area contributed by atoms with Crippen molar-refractivity contribution in [3.05, 3.63) is 29.3 Å². The Morgan fingerprint density at radius 2 is 2.06 bits per heavy atom. The molecule has 0 aromatic carbocycles. The molecule has 0 atom stereocenters. The van der Waals surface area contributed by atoms with E-state index in [0.29, 0.717) is 18.3 Å². The predicted octanol–water partition coefficient (Wildman–Crippen LogP) is 1.98. The summed E-state index contributed by atoms with van der Waals surface area (Å²) in [6, 6.07) is 2.05. The van der Waals surface area contributed by atoms with Crippen LogP contribution in [-0.4, -0.2) is 21.7 Å². The summed E-state index contributed by atoms with van der Waals surface area (Å²) in [4.78, 5) is 8.75. The molecule has 0 spiro atoms. The summed E-state index contributed by atoms with van der Waals surface area (Å²) in [5, 5.41) is 3.99. The van der Waals surface area contributed by atoms with Gasteiger partial charge in [0.1, 0.15) is 5.69 Å². The molecule has 2 heterocycles. The Labute approximate surface area is 106 Å². The lowest BCUT2D eigenvalue weighted by Crippen LogP contribution is -2.28. The SMILES string of the molecule is Cc1cnc(-c2noc(C(C)(C)CN)n2)c(C)c1. The minimum Gasteiger partial charge on any atom is -0.338 e. The van der Waals surface area contributed by atoms with Crippen molar-refractivity contribution in [1.29, 1.82) is 0 Å². The van der Waals surface area contributed by atoms with Crippen molar-refractivity contribution in [3.63, 3.8) is 0 Å². The zero-order valence-electron chi connectivity index (χ0n) is 11.2. The summed E-state index contributed by atoms with van der Waals surface area (Å²) in [6.07, 6.45) is 1.80. The van der Waals surface area contributed by atoms with Crippen LogP contribution in [0.1, 0.15) is 30.9 Å². The predicted molar refractivity (Wildman–Crippen MR) is 69.1 cm³/mol. The highest BCUT2D eigenvalue weighted by atomic mass is 16.5. The highest BCUT2D eigenvalue weighted by Crippen LogP contribution is 2.24. The van der Waals surface area contributed by atoms with Crippen LogP contribution in [-0.2, 0) is 5.41 Å². The highest BCUT2D eigenvalue weighted by Gasteiger charge is 2.26. The van der Waals surface area contributed by atoms with Crippen molar-refractivity contribution in [3.8, 4) is 11.5 Å². The number of pyridine rings is 1. The quantitative estimate of drug-likeness (QED) is 0.896. The zero-order chi connectivity index (χ0) is 13.3. The molecule has 2 aromatic heterocycles. The van der Waals surface area contributed by atoms with Gasteiger partial charge in [-0.05, 0) is 38.8 Å². The molecule has 18 heavy (non-hydrogen) atoms. The monoisotopic (exact) mass is 246 g/mol. The number of nitrogens with zero attached hydrogens (tertiary/aromatic N) is 3. The van der Waals surface area contributed by atoms with Gasteiger partial charge in [-0.3, -0.25) is 4.98 Å². The topological polar surface area (TPSA) is 77.8 Å². The summed E-state index contributed by atoms with van der Waals surface area (Å²) >= 11 is 0. The minimum absolute atomic E-state index is 0.316. The largest absolute Gasteiger partial charge is 0.338 e. The molecule has 2 aromatic rings. The maximum absolute atomic E-state index is 5.69. The first-order valence-corrected chi connectivity index (χ1v) is 5.92. The van der Waals surface area contributed by atoms with E-state index in [2.05, 4.69) is 15.1 Å². The molecule has 96 valence electrons. The summed E-state index contributed by atoms with van der Waals surface area (Å²) in [5.41, 5.74) is 8.28. The van der Waals surface area contributed by atoms with Gasteiger partial charge >= 0.3 is 0 Å². The number of rotatable bonds is 3. The molecule has 2 N–H and O–H groups in total. The standard InChI is InChI=1S/C13H18N4O/c1-8-5-9(2)10(15-6-8)11-16-12(18-17-11)13(3,4)7-14/h5-6H,7,14H2,1-4H3. The molecular formula is C13H18N4O. The van der Waals surface area contributed by atoms with Crippen molar-refractivity contribution in [2.24, 2.45) is 5.73 Å². The van der Waals surface area contributed by atoms with Gasteiger partial charge in [-0.15, -0.1) is 0 Å². The second-order valence-corrected chi connectivity index (χ2v) is 5.19. The van der Waals surface area contributed by atoms with Crippen LogP contribution in [0.3, 0.4) is 0 Å². The lowest BCUT2D eigenvalue weighted by molar-refractivity contribution is 0.311. The average Bonchev–Trinajstić information content (AvgIpc) is 2.79. The Morgan fingerprint density at radius 3 is 2.67 bits per heavy atom. The summed E-state index contributed by atoms with van der Waals surface area (Å²) < 4.78 is 5.28. The van der Waals surface area contributed by atoms with Gasteiger partial charge < -0.3 is 10.3 Å². The molecule has 0 aliphatic rings. The van der Waals surface area contributed by atoms with Crippen LogP contribution in [0.15, 0.2) is 16.8 Å². The smallest absolute Gasteiger partial charge is 0.233 e. The van der Waals surface area contributed by atoms with Crippen molar-refractivity contribution < 1.29 is 4.52 Å². The molecule has 0 aliphatic carbocycles. The number of nitrogens with two attached hydrogens (primary N) is 1.